The number of aromatic nitrogens is 2. The molecule has 1 aromatic carbocycles. The highest BCUT2D eigenvalue weighted by Crippen LogP contribution is 2.24. The Kier molecular flexibility index (Phi) is 4.43. The number of furan rings is 1. The maximum Gasteiger partial charge on any atom is 0.287 e. The highest BCUT2D eigenvalue weighted by Gasteiger charge is 2.19. The quantitative estimate of drug-likeness (QED) is 0.757. The number of nitrogens with one attached hydrogen (secondary N) is 1. The van der Waals surface area contributed by atoms with E-state index in [2.05, 4.69) is 32.5 Å². The summed E-state index contributed by atoms with van der Waals surface area (Å²) in [5.41, 5.74) is 2.10. The molecule has 2 aromatic heterocycles. The van der Waals surface area contributed by atoms with E-state index in [9.17, 15) is 4.79 Å². The van der Waals surface area contributed by atoms with Gasteiger partial charge in [-0.1, -0.05) is 5.16 Å². The van der Waals surface area contributed by atoms with E-state index in [-0.39, 0.29) is 11.7 Å². The Hall–Kier alpha value is -3.09. The van der Waals surface area contributed by atoms with Crippen LogP contribution in [0.1, 0.15) is 42.3 Å². The predicted molar refractivity (Wildman–Crippen MR) is 95.8 cm³/mol. The summed E-state index contributed by atoms with van der Waals surface area (Å²) in [7, 11) is 0. The van der Waals surface area contributed by atoms with Gasteiger partial charge < -0.3 is 19.2 Å². The third kappa shape index (κ3) is 3.33. The fraction of sp³-hybridized carbons (Fsp3) is 0.316. The number of hydrogen-bond donors (Lipinski definition) is 1. The van der Waals surface area contributed by atoms with E-state index in [1.165, 1.54) is 24.8 Å². The smallest absolute Gasteiger partial charge is 0.287 e. The maximum atomic E-state index is 12.0. The van der Waals surface area contributed by atoms with Crippen molar-refractivity contribution in [2.45, 2.75) is 25.8 Å². The molecule has 7 nitrogen and oxygen atoms in total. The van der Waals surface area contributed by atoms with Gasteiger partial charge in [0.2, 0.25) is 11.7 Å². The van der Waals surface area contributed by atoms with Gasteiger partial charge in [-0.15, -0.1) is 0 Å². The van der Waals surface area contributed by atoms with Crippen LogP contribution in [0.3, 0.4) is 0 Å². The molecule has 1 atom stereocenters. The molecule has 3 aromatic rings. The first kappa shape index (κ1) is 16.4. The molecule has 1 fully saturated rings. The molecule has 7 heteroatoms. The average molecular weight is 352 g/mol. The van der Waals surface area contributed by atoms with Gasteiger partial charge in [-0.3, -0.25) is 4.79 Å². The monoisotopic (exact) mass is 352 g/mol. The normalized spacial score (nSPS) is 15.2. The molecule has 134 valence electrons. The minimum absolute atomic E-state index is 0.245. The zero-order chi connectivity index (χ0) is 17.9. The van der Waals surface area contributed by atoms with Crippen LogP contribution in [0.2, 0.25) is 0 Å². The van der Waals surface area contributed by atoms with E-state index < -0.39 is 6.04 Å². The van der Waals surface area contributed by atoms with Crippen molar-refractivity contribution in [3.05, 3.63) is 54.3 Å². The molecule has 26 heavy (non-hydrogen) atoms. The van der Waals surface area contributed by atoms with Gasteiger partial charge in [-0.05, 0) is 56.2 Å². The fourth-order valence-electron chi connectivity index (χ4n) is 3.06. The van der Waals surface area contributed by atoms with Crippen LogP contribution in [0, 0.1) is 0 Å². The third-order valence-electron chi connectivity index (χ3n) is 4.50. The number of amides is 1. The summed E-state index contributed by atoms with van der Waals surface area (Å²) in [6, 6.07) is 11.0. The Labute approximate surface area is 151 Å². The average Bonchev–Trinajstić information content (AvgIpc) is 3.44. The molecule has 0 radical (unpaired) electrons. The molecular weight excluding hydrogens is 332 g/mol. The van der Waals surface area contributed by atoms with Crippen molar-refractivity contribution in [1.82, 2.24) is 15.5 Å². The van der Waals surface area contributed by atoms with E-state index in [4.69, 9.17) is 8.94 Å². The third-order valence-corrected chi connectivity index (χ3v) is 4.50. The molecule has 1 amide bonds. The van der Waals surface area contributed by atoms with E-state index in [0.29, 0.717) is 11.7 Å². The molecule has 1 N–H and O–H groups in total. The van der Waals surface area contributed by atoms with E-state index in [1.807, 2.05) is 12.1 Å². The van der Waals surface area contributed by atoms with Crippen molar-refractivity contribution in [2.75, 3.05) is 18.0 Å². The summed E-state index contributed by atoms with van der Waals surface area (Å²) in [6.07, 6.45) is 3.95. The summed E-state index contributed by atoms with van der Waals surface area (Å²) in [5.74, 6) is 0.780. The predicted octanol–water partition coefficient (Wildman–Crippen LogP) is 3.42. The molecule has 0 aliphatic carbocycles. The second-order valence-electron chi connectivity index (χ2n) is 6.37. The molecule has 0 saturated carbocycles. The number of nitrogens with zero attached hydrogens (tertiary/aromatic N) is 3. The summed E-state index contributed by atoms with van der Waals surface area (Å²) in [5, 5.41) is 6.80. The van der Waals surface area contributed by atoms with Gasteiger partial charge in [0.1, 0.15) is 6.04 Å². The first-order chi connectivity index (χ1) is 12.7. The Morgan fingerprint density at radius 1 is 1.19 bits per heavy atom. The molecule has 3 heterocycles. The Balaban J connectivity index is 1.44. The standard InChI is InChI=1S/C19H20N4O3/c1-13(20-18(24)16-5-4-12-25-16)19-21-17(22-26-19)14-6-8-15(9-7-14)23-10-2-3-11-23/h4-9,12-13H,2-3,10-11H2,1H3,(H,20,24)/t13-/m0/s1. The molecule has 1 saturated heterocycles. The zero-order valence-electron chi connectivity index (χ0n) is 14.5. The topological polar surface area (TPSA) is 84.4 Å². The lowest BCUT2D eigenvalue weighted by molar-refractivity contribution is 0.0904. The van der Waals surface area contributed by atoms with E-state index in [0.717, 1.165) is 18.7 Å². The highest BCUT2D eigenvalue weighted by atomic mass is 16.5. The number of anilines is 1. The molecule has 4 rings (SSSR count). The second kappa shape index (κ2) is 7.03. The van der Waals surface area contributed by atoms with Crippen LogP contribution in [0.5, 0.6) is 0 Å². The fourth-order valence-corrected chi connectivity index (χ4v) is 3.06. The highest BCUT2D eigenvalue weighted by molar-refractivity contribution is 5.91. The van der Waals surface area contributed by atoms with Gasteiger partial charge in [-0.2, -0.15) is 4.98 Å². The zero-order valence-corrected chi connectivity index (χ0v) is 14.5. The van der Waals surface area contributed by atoms with Gasteiger partial charge in [0.05, 0.1) is 6.26 Å². The van der Waals surface area contributed by atoms with Gasteiger partial charge in [0, 0.05) is 24.3 Å². The first-order valence-electron chi connectivity index (χ1n) is 8.74. The molecule has 0 unspecified atom stereocenters. The van der Waals surface area contributed by atoms with Gasteiger partial charge in [-0.25, -0.2) is 0 Å². The summed E-state index contributed by atoms with van der Waals surface area (Å²) in [6.45, 7) is 4.01. The lowest BCUT2D eigenvalue weighted by Crippen LogP contribution is -2.26. The van der Waals surface area contributed by atoms with Crippen molar-refractivity contribution in [1.29, 1.82) is 0 Å². The molecule has 1 aliphatic rings. The van der Waals surface area contributed by atoms with E-state index >= 15 is 0 Å². The maximum absolute atomic E-state index is 12.0. The van der Waals surface area contributed by atoms with Crippen LogP contribution in [0.15, 0.2) is 51.6 Å². The molecule has 0 spiro atoms. The van der Waals surface area contributed by atoms with Crippen molar-refractivity contribution < 1.29 is 13.7 Å². The van der Waals surface area contributed by atoms with Crippen molar-refractivity contribution in [2.24, 2.45) is 0 Å². The van der Waals surface area contributed by atoms with Gasteiger partial charge >= 0.3 is 0 Å². The van der Waals surface area contributed by atoms with Crippen molar-refractivity contribution in [3.63, 3.8) is 0 Å². The minimum atomic E-state index is -0.419. The SMILES string of the molecule is C[C@H](NC(=O)c1ccco1)c1nc(-c2ccc(N3CCCC3)cc2)no1. The second-order valence-corrected chi connectivity index (χ2v) is 6.37. The van der Waals surface area contributed by atoms with Crippen molar-refractivity contribution >= 4 is 11.6 Å². The van der Waals surface area contributed by atoms with Gasteiger partial charge in [0.25, 0.3) is 5.91 Å². The number of rotatable bonds is 5. The van der Waals surface area contributed by atoms with E-state index in [1.54, 1.807) is 19.1 Å². The van der Waals surface area contributed by atoms with Crippen LogP contribution in [0.25, 0.3) is 11.4 Å². The lowest BCUT2D eigenvalue weighted by Gasteiger charge is -2.17. The summed E-state index contributed by atoms with van der Waals surface area (Å²) >= 11 is 0. The Bertz CT molecular complexity index is 865. The summed E-state index contributed by atoms with van der Waals surface area (Å²) < 4.78 is 10.4. The summed E-state index contributed by atoms with van der Waals surface area (Å²) in [4.78, 5) is 18.8. The molecule has 0 bridgehead atoms. The number of benzene rings is 1. The Morgan fingerprint density at radius 3 is 2.65 bits per heavy atom. The molecule has 1 aliphatic heterocycles. The number of carbonyl (C=O) groups is 1. The van der Waals surface area contributed by atoms with Crippen LogP contribution in [-0.4, -0.2) is 29.1 Å². The number of carbonyl (C=O) groups excluding carboxylic acids is 1. The van der Waals surface area contributed by atoms with Crippen LogP contribution in [0.4, 0.5) is 5.69 Å². The van der Waals surface area contributed by atoms with Crippen molar-refractivity contribution in [3.8, 4) is 11.4 Å². The van der Waals surface area contributed by atoms with Crippen LogP contribution < -0.4 is 10.2 Å². The largest absolute Gasteiger partial charge is 0.459 e. The Morgan fingerprint density at radius 2 is 1.96 bits per heavy atom. The lowest BCUT2D eigenvalue weighted by atomic mass is 10.2. The minimum Gasteiger partial charge on any atom is -0.459 e. The van der Waals surface area contributed by atoms with Crippen LogP contribution in [-0.2, 0) is 0 Å². The van der Waals surface area contributed by atoms with Crippen LogP contribution >= 0.6 is 0 Å². The number of hydrogen-bond acceptors (Lipinski definition) is 6. The first-order valence-corrected chi connectivity index (χ1v) is 8.74. The molecular formula is C19H20N4O3. The van der Waals surface area contributed by atoms with Gasteiger partial charge in [0.15, 0.2) is 5.76 Å².